The van der Waals surface area contributed by atoms with Gasteiger partial charge >= 0.3 is 12.1 Å². The maximum atomic E-state index is 14.0. The minimum absolute atomic E-state index is 0.00572. The van der Waals surface area contributed by atoms with Gasteiger partial charge in [-0.2, -0.15) is 13.2 Å². The Balaban J connectivity index is 2.16. The van der Waals surface area contributed by atoms with Crippen LogP contribution in [0.25, 0.3) is 5.57 Å². The zero-order valence-corrected chi connectivity index (χ0v) is 12.6. The van der Waals surface area contributed by atoms with E-state index in [1.165, 1.54) is 30.3 Å². The Morgan fingerprint density at radius 2 is 1.83 bits per heavy atom. The van der Waals surface area contributed by atoms with Crippen molar-refractivity contribution in [3.8, 4) is 0 Å². The molecule has 1 aliphatic rings. The van der Waals surface area contributed by atoms with Crippen LogP contribution in [0.5, 0.6) is 0 Å². The Bertz CT molecular complexity index is 851. The number of esters is 1. The first-order valence-corrected chi connectivity index (χ1v) is 7.10. The maximum Gasteiger partial charge on any atom is 0.417 e. The predicted octanol–water partition coefficient (Wildman–Crippen LogP) is 4.62. The van der Waals surface area contributed by atoms with Crippen LogP contribution in [0.15, 0.2) is 42.5 Å². The van der Waals surface area contributed by atoms with Crippen molar-refractivity contribution in [1.82, 2.24) is 0 Å². The van der Waals surface area contributed by atoms with Gasteiger partial charge in [-0.05, 0) is 46.9 Å². The predicted molar refractivity (Wildman–Crippen MR) is 80.0 cm³/mol. The molecule has 0 saturated heterocycles. The number of hydrogen-bond donors (Lipinski definition) is 0. The Labute approximate surface area is 135 Å². The number of ether oxygens (including phenoxy) is 1. The molecule has 0 bridgehead atoms. The third kappa shape index (κ3) is 2.68. The summed E-state index contributed by atoms with van der Waals surface area (Å²) in [5, 5.41) is 0. The van der Waals surface area contributed by atoms with E-state index in [1.54, 1.807) is 6.08 Å². The van der Waals surface area contributed by atoms with Crippen LogP contribution in [0.4, 0.5) is 17.6 Å². The molecule has 24 heavy (non-hydrogen) atoms. The van der Waals surface area contributed by atoms with E-state index in [-0.39, 0.29) is 11.1 Å². The van der Waals surface area contributed by atoms with E-state index in [4.69, 9.17) is 0 Å². The molecule has 124 valence electrons. The van der Waals surface area contributed by atoms with Crippen molar-refractivity contribution in [1.29, 1.82) is 0 Å². The highest BCUT2D eigenvalue weighted by Crippen LogP contribution is 2.40. The summed E-state index contributed by atoms with van der Waals surface area (Å²) < 4.78 is 58.2. The summed E-state index contributed by atoms with van der Waals surface area (Å²) in [6.45, 7) is 0. The van der Waals surface area contributed by atoms with Crippen LogP contribution in [-0.4, -0.2) is 13.1 Å². The number of carbonyl (C=O) groups excluding carboxylic acids is 1. The molecule has 0 amide bonds. The monoisotopic (exact) mass is 336 g/mol. The van der Waals surface area contributed by atoms with Gasteiger partial charge in [0.05, 0.1) is 18.2 Å². The van der Waals surface area contributed by atoms with Crippen LogP contribution in [0.3, 0.4) is 0 Å². The Kier molecular flexibility index (Phi) is 3.91. The van der Waals surface area contributed by atoms with E-state index in [2.05, 4.69) is 4.74 Å². The molecule has 0 spiro atoms. The first-order valence-electron chi connectivity index (χ1n) is 7.10. The largest absolute Gasteiger partial charge is 0.465 e. The SMILES string of the molecule is COC(=O)c1cc2c(cc1F)CC=C2c1ccccc1C(F)(F)F. The van der Waals surface area contributed by atoms with Crippen molar-refractivity contribution in [2.24, 2.45) is 0 Å². The average Bonchev–Trinajstić information content (AvgIpc) is 2.95. The third-order valence-electron chi connectivity index (χ3n) is 3.94. The molecular weight excluding hydrogens is 324 g/mol. The van der Waals surface area contributed by atoms with Gasteiger partial charge < -0.3 is 4.74 Å². The lowest BCUT2D eigenvalue weighted by Gasteiger charge is -2.15. The molecular formula is C18H12F4O2. The van der Waals surface area contributed by atoms with Gasteiger partial charge in [-0.25, -0.2) is 9.18 Å². The Hall–Kier alpha value is -2.63. The standard InChI is InChI=1S/C18H12F4O2/c1-24-17(23)14-9-13-10(8-16(14)19)6-7-11(13)12-4-2-3-5-15(12)18(20,21)22/h2-5,7-9H,6H2,1H3. The Morgan fingerprint density at radius 3 is 2.50 bits per heavy atom. The number of rotatable bonds is 2. The summed E-state index contributed by atoms with van der Waals surface area (Å²) in [6.07, 6.45) is -2.60. The molecule has 1 aliphatic carbocycles. The van der Waals surface area contributed by atoms with Crippen LogP contribution in [0, 0.1) is 5.82 Å². The molecule has 0 saturated carbocycles. The van der Waals surface area contributed by atoms with Crippen molar-refractivity contribution >= 4 is 11.5 Å². The number of fused-ring (bicyclic) bond motifs is 1. The molecule has 6 heteroatoms. The number of benzene rings is 2. The number of carbonyl (C=O) groups is 1. The topological polar surface area (TPSA) is 26.3 Å². The smallest absolute Gasteiger partial charge is 0.417 e. The molecule has 0 aromatic heterocycles. The van der Waals surface area contributed by atoms with E-state index >= 15 is 0 Å². The highest BCUT2D eigenvalue weighted by molar-refractivity contribution is 5.94. The van der Waals surface area contributed by atoms with E-state index < -0.39 is 23.5 Å². The summed E-state index contributed by atoms with van der Waals surface area (Å²) >= 11 is 0. The van der Waals surface area contributed by atoms with Gasteiger partial charge in [-0.15, -0.1) is 0 Å². The van der Waals surface area contributed by atoms with E-state index in [0.717, 1.165) is 13.2 Å². The summed E-state index contributed by atoms with van der Waals surface area (Å²) in [5.74, 6) is -1.62. The fourth-order valence-electron chi connectivity index (χ4n) is 2.84. The first kappa shape index (κ1) is 16.2. The number of methoxy groups -OCH3 is 1. The van der Waals surface area contributed by atoms with Crippen molar-refractivity contribution in [2.75, 3.05) is 7.11 Å². The van der Waals surface area contributed by atoms with Gasteiger partial charge in [0.15, 0.2) is 0 Å². The molecule has 0 radical (unpaired) electrons. The van der Waals surface area contributed by atoms with Crippen LogP contribution in [-0.2, 0) is 17.3 Å². The summed E-state index contributed by atoms with van der Waals surface area (Å²) in [5.41, 5.74) is 0.219. The van der Waals surface area contributed by atoms with Crippen molar-refractivity contribution in [3.63, 3.8) is 0 Å². The molecule has 0 N–H and O–H groups in total. The fraction of sp³-hybridized carbons (Fsp3) is 0.167. The quantitative estimate of drug-likeness (QED) is 0.591. The fourth-order valence-corrected chi connectivity index (χ4v) is 2.84. The number of hydrogen-bond acceptors (Lipinski definition) is 2. The highest BCUT2D eigenvalue weighted by atomic mass is 19.4. The molecule has 0 aliphatic heterocycles. The van der Waals surface area contributed by atoms with Gasteiger partial charge in [-0.3, -0.25) is 0 Å². The minimum atomic E-state index is -4.51. The lowest BCUT2D eigenvalue weighted by Crippen LogP contribution is -2.09. The molecule has 0 atom stereocenters. The lowest BCUT2D eigenvalue weighted by molar-refractivity contribution is -0.137. The Morgan fingerprint density at radius 1 is 1.12 bits per heavy atom. The van der Waals surface area contributed by atoms with Gasteiger partial charge in [0.2, 0.25) is 0 Å². The second kappa shape index (κ2) is 5.78. The van der Waals surface area contributed by atoms with Crippen molar-refractivity contribution < 1.29 is 27.1 Å². The molecule has 3 rings (SSSR count). The van der Waals surface area contributed by atoms with Crippen molar-refractivity contribution in [3.05, 3.63) is 76.1 Å². The first-order chi connectivity index (χ1) is 11.3. The maximum absolute atomic E-state index is 14.0. The van der Waals surface area contributed by atoms with Gasteiger partial charge in [0, 0.05) is 0 Å². The highest BCUT2D eigenvalue weighted by Gasteiger charge is 2.35. The van der Waals surface area contributed by atoms with E-state index in [1.807, 2.05) is 0 Å². The van der Waals surface area contributed by atoms with E-state index in [0.29, 0.717) is 23.1 Å². The van der Waals surface area contributed by atoms with E-state index in [9.17, 15) is 22.4 Å². The molecule has 2 aromatic carbocycles. The second-order valence-electron chi connectivity index (χ2n) is 5.35. The minimum Gasteiger partial charge on any atom is -0.465 e. The van der Waals surface area contributed by atoms with Crippen LogP contribution in [0.1, 0.15) is 32.6 Å². The summed E-state index contributed by atoms with van der Waals surface area (Å²) in [7, 11) is 1.12. The summed E-state index contributed by atoms with van der Waals surface area (Å²) in [4.78, 5) is 11.6. The van der Waals surface area contributed by atoms with Crippen LogP contribution in [0.2, 0.25) is 0 Å². The molecule has 2 aromatic rings. The molecule has 0 fully saturated rings. The molecule has 0 heterocycles. The normalized spacial score (nSPS) is 13.5. The van der Waals surface area contributed by atoms with Crippen LogP contribution >= 0.6 is 0 Å². The van der Waals surface area contributed by atoms with Gasteiger partial charge in [0.25, 0.3) is 0 Å². The van der Waals surface area contributed by atoms with Crippen LogP contribution < -0.4 is 0 Å². The third-order valence-corrected chi connectivity index (χ3v) is 3.94. The average molecular weight is 336 g/mol. The zero-order valence-electron chi connectivity index (χ0n) is 12.6. The number of allylic oxidation sites excluding steroid dienone is 1. The second-order valence-corrected chi connectivity index (χ2v) is 5.35. The summed E-state index contributed by atoms with van der Waals surface area (Å²) in [6, 6.07) is 7.61. The zero-order chi connectivity index (χ0) is 17.5. The van der Waals surface area contributed by atoms with Crippen molar-refractivity contribution in [2.45, 2.75) is 12.6 Å². The van der Waals surface area contributed by atoms with Gasteiger partial charge in [0.1, 0.15) is 5.82 Å². The van der Waals surface area contributed by atoms with Gasteiger partial charge in [-0.1, -0.05) is 24.3 Å². The number of alkyl halides is 3. The molecule has 0 unspecified atom stereocenters. The molecule has 2 nitrogen and oxygen atoms in total. The lowest BCUT2D eigenvalue weighted by atomic mass is 9.93. The number of halogens is 4.